The van der Waals surface area contributed by atoms with E-state index in [1.807, 2.05) is 36.4 Å². The van der Waals surface area contributed by atoms with Gasteiger partial charge in [0.1, 0.15) is 11.5 Å². The number of esters is 1. The largest absolute Gasteiger partial charge is 0.494 e. The maximum atomic E-state index is 12.6. The first kappa shape index (κ1) is 30.4. The molecule has 0 aromatic heterocycles. The number of ether oxygens (including phenoxy) is 3. The quantitative estimate of drug-likeness (QED) is 0.0934. The second-order valence-electron chi connectivity index (χ2n) is 10.4. The molecule has 0 spiro atoms. The van der Waals surface area contributed by atoms with Crippen LogP contribution in [0, 0.1) is 5.92 Å². The molecule has 0 fully saturated rings. The van der Waals surface area contributed by atoms with Gasteiger partial charge >= 0.3 is 5.97 Å². The van der Waals surface area contributed by atoms with E-state index in [-0.39, 0.29) is 5.97 Å². The summed E-state index contributed by atoms with van der Waals surface area (Å²) in [6.45, 7) is 9.02. The summed E-state index contributed by atoms with van der Waals surface area (Å²) < 4.78 is 17.1. The van der Waals surface area contributed by atoms with Crippen LogP contribution in [-0.4, -0.2) is 25.8 Å². The van der Waals surface area contributed by atoms with Crippen LogP contribution in [-0.2, 0) is 11.2 Å². The Bertz CT molecular complexity index is 1070. The lowest BCUT2D eigenvalue weighted by molar-refractivity contribution is 0.0734. The van der Waals surface area contributed by atoms with Gasteiger partial charge in [0.2, 0.25) is 0 Å². The van der Waals surface area contributed by atoms with Crippen LogP contribution in [0.5, 0.6) is 11.5 Å². The van der Waals surface area contributed by atoms with E-state index in [0.717, 1.165) is 55.8 Å². The highest BCUT2D eigenvalue weighted by molar-refractivity contribution is 5.91. The predicted octanol–water partition coefficient (Wildman–Crippen LogP) is 9.31. The van der Waals surface area contributed by atoms with Crippen molar-refractivity contribution in [2.24, 2.45) is 5.92 Å². The van der Waals surface area contributed by atoms with E-state index < -0.39 is 0 Å². The van der Waals surface area contributed by atoms with Gasteiger partial charge in [-0.2, -0.15) is 0 Å². The zero-order chi connectivity index (χ0) is 27.7. The highest BCUT2D eigenvalue weighted by atomic mass is 16.5. The number of carbonyl (C=O) groups is 1. The van der Waals surface area contributed by atoms with Crippen LogP contribution in [0.25, 0.3) is 11.1 Å². The highest BCUT2D eigenvalue weighted by Crippen LogP contribution is 2.23. The van der Waals surface area contributed by atoms with Crippen molar-refractivity contribution < 1.29 is 19.0 Å². The third-order valence-electron chi connectivity index (χ3n) is 7.06. The summed E-state index contributed by atoms with van der Waals surface area (Å²) in [6, 6.07) is 23.5. The van der Waals surface area contributed by atoms with E-state index in [4.69, 9.17) is 14.2 Å². The molecule has 4 nitrogen and oxygen atoms in total. The summed E-state index contributed by atoms with van der Waals surface area (Å²) in [6.07, 6.45) is 10.6. The maximum Gasteiger partial charge on any atom is 0.343 e. The summed E-state index contributed by atoms with van der Waals surface area (Å²) >= 11 is 0. The van der Waals surface area contributed by atoms with Crippen LogP contribution >= 0.6 is 0 Å². The van der Waals surface area contributed by atoms with E-state index >= 15 is 0 Å². The van der Waals surface area contributed by atoms with Gasteiger partial charge in [0.25, 0.3) is 0 Å². The van der Waals surface area contributed by atoms with Crippen molar-refractivity contribution in [3.05, 3.63) is 83.9 Å². The van der Waals surface area contributed by atoms with Gasteiger partial charge in [-0.1, -0.05) is 95.7 Å². The molecular weight excluding hydrogens is 484 g/mol. The number of benzene rings is 3. The summed E-state index contributed by atoms with van der Waals surface area (Å²) in [7, 11) is 0. The average molecular weight is 531 g/mol. The Morgan fingerprint density at radius 3 is 1.97 bits per heavy atom. The van der Waals surface area contributed by atoms with Crippen molar-refractivity contribution in [3.8, 4) is 22.6 Å². The lowest BCUT2D eigenvalue weighted by Crippen LogP contribution is -2.08. The standard InChI is InChI=1S/C35H46O4/c1-4-6-7-8-9-10-26-38-33-21-23-34(24-22-33)39-35(36)32-19-17-31(18-20-32)30-15-13-29(14-16-30)12-11-25-37-27-28(3)5-2/h13-24,28H,4-12,25-27H2,1-3H3/t28-/m0/s1. The molecule has 0 saturated heterocycles. The summed E-state index contributed by atoms with van der Waals surface area (Å²) in [5, 5.41) is 0. The molecule has 0 saturated carbocycles. The molecule has 0 bridgehead atoms. The maximum absolute atomic E-state index is 12.6. The molecule has 39 heavy (non-hydrogen) atoms. The molecule has 0 aliphatic rings. The zero-order valence-corrected chi connectivity index (χ0v) is 24.1. The van der Waals surface area contributed by atoms with E-state index in [9.17, 15) is 4.79 Å². The van der Waals surface area contributed by atoms with Gasteiger partial charge in [-0.05, 0) is 78.3 Å². The molecule has 0 unspecified atom stereocenters. The second kappa shape index (κ2) is 17.5. The molecule has 0 amide bonds. The first-order chi connectivity index (χ1) is 19.1. The van der Waals surface area contributed by atoms with E-state index in [2.05, 4.69) is 45.0 Å². The molecule has 3 aromatic carbocycles. The van der Waals surface area contributed by atoms with Crippen LogP contribution in [0.2, 0.25) is 0 Å². The van der Waals surface area contributed by atoms with Gasteiger partial charge in [-0.3, -0.25) is 0 Å². The lowest BCUT2D eigenvalue weighted by atomic mass is 10.0. The Balaban J connectivity index is 1.40. The number of hydrogen-bond acceptors (Lipinski definition) is 4. The van der Waals surface area contributed by atoms with Gasteiger partial charge in [0.15, 0.2) is 0 Å². The van der Waals surface area contributed by atoms with E-state index in [1.165, 1.54) is 37.7 Å². The van der Waals surface area contributed by atoms with Crippen molar-refractivity contribution >= 4 is 5.97 Å². The van der Waals surface area contributed by atoms with Crippen LogP contribution in [0.4, 0.5) is 0 Å². The van der Waals surface area contributed by atoms with Gasteiger partial charge in [0.05, 0.1) is 12.2 Å². The number of hydrogen-bond donors (Lipinski definition) is 0. The average Bonchev–Trinajstić information content (AvgIpc) is 2.97. The molecule has 210 valence electrons. The van der Waals surface area contributed by atoms with Crippen molar-refractivity contribution in [1.29, 1.82) is 0 Å². The zero-order valence-electron chi connectivity index (χ0n) is 24.1. The minimum Gasteiger partial charge on any atom is -0.494 e. The van der Waals surface area contributed by atoms with Crippen LogP contribution in [0.3, 0.4) is 0 Å². The molecule has 0 N–H and O–H groups in total. The van der Waals surface area contributed by atoms with Crippen molar-refractivity contribution in [2.75, 3.05) is 19.8 Å². The number of unbranched alkanes of at least 4 members (excludes halogenated alkanes) is 5. The number of aryl methyl sites for hydroxylation is 1. The molecule has 1 atom stereocenters. The predicted molar refractivity (Wildman–Crippen MR) is 161 cm³/mol. The van der Waals surface area contributed by atoms with E-state index in [0.29, 0.717) is 23.8 Å². The molecule has 0 aliphatic carbocycles. The SMILES string of the molecule is CCCCCCCCOc1ccc(OC(=O)c2ccc(-c3ccc(CCCOC[C@@H](C)CC)cc3)cc2)cc1. The minimum absolute atomic E-state index is 0.367. The van der Waals surface area contributed by atoms with Gasteiger partial charge in [-0.15, -0.1) is 0 Å². The summed E-state index contributed by atoms with van der Waals surface area (Å²) in [5.74, 6) is 1.57. The number of carbonyl (C=O) groups excluding carboxylic acids is 1. The fraction of sp³-hybridized carbons (Fsp3) is 0.457. The van der Waals surface area contributed by atoms with Gasteiger partial charge < -0.3 is 14.2 Å². The fourth-order valence-electron chi connectivity index (χ4n) is 4.29. The van der Waals surface area contributed by atoms with Crippen molar-refractivity contribution in [3.63, 3.8) is 0 Å². The first-order valence-corrected chi connectivity index (χ1v) is 14.8. The molecule has 3 rings (SSSR count). The smallest absolute Gasteiger partial charge is 0.343 e. The Morgan fingerprint density at radius 1 is 0.692 bits per heavy atom. The number of rotatable bonds is 18. The van der Waals surface area contributed by atoms with Crippen LogP contribution in [0.1, 0.15) is 88.1 Å². The third-order valence-corrected chi connectivity index (χ3v) is 7.06. The molecule has 0 heterocycles. The van der Waals surface area contributed by atoms with Crippen LogP contribution < -0.4 is 9.47 Å². The van der Waals surface area contributed by atoms with E-state index in [1.54, 1.807) is 12.1 Å². The molecule has 0 radical (unpaired) electrons. The Hall–Kier alpha value is -3.11. The van der Waals surface area contributed by atoms with Gasteiger partial charge in [-0.25, -0.2) is 4.79 Å². The molecule has 3 aromatic rings. The topological polar surface area (TPSA) is 44.8 Å². The molecule has 0 aliphatic heterocycles. The Morgan fingerprint density at radius 2 is 1.31 bits per heavy atom. The monoisotopic (exact) mass is 530 g/mol. The highest BCUT2D eigenvalue weighted by Gasteiger charge is 2.10. The molecular formula is C35H46O4. The molecule has 4 heteroatoms. The van der Waals surface area contributed by atoms with Gasteiger partial charge in [0, 0.05) is 13.2 Å². The fourth-order valence-corrected chi connectivity index (χ4v) is 4.29. The summed E-state index contributed by atoms with van der Waals surface area (Å²) in [4.78, 5) is 12.6. The van der Waals surface area contributed by atoms with Crippen LogP contribution in [0.15, 0.2) is 72.8 Å². The third kappa shape index (κ3) is 11.3. The lowest BCUT2D eigenvalue weighted by Gasteiger charge is -2.10. The Labute approximate surface area is 235 Å². The summed E-state index contributed by atoms with van der Waals surface area (Å²) in [5.41, 5.74) is 4.03. The minimum atomic E-state index is -0.367. The first-order valence-electron chi connectivity index (χ1n) is 14.8. The Kier molecular flexibility index (Phi) is 13.6. The van der Waals surface area contributed by atoms with Crippen molar-refractivity contribution in [1.82, 2.24) is 0 Å². The second-order valence-corrected chi connectivity index (χ2v) is 10.4. The van der Waals surface area contributed by atoms with Crippen molar-refractivity contribution in [2.45, 2.75) is 78.6 Å². The normalized spacial score (nSPS) is 11.8.